The van der Waals surface area contributed by atoms with Gasteiger partial charge in [-0.05, 0) is 120 Å². The molecule has 1 aliphatic rings. The summed E-state index contributed by atoms with van der Waals surface area (Å²) in [7, 11) is 0. The lowest BCUT2D eigenvalue weighted by Crippen LogP contribution is -2.22. The van der Waals surface area contributed by atoms with Crippen LogP contribution in [-0.4, -0.2) is 9.97 Å². The summed E-state index contributed by atoms with van der Waals surface area (Å²) in [5.74, 6) is 0. The summed E-state index contributed by atoms with van der Waals surface area (Å²) < 4.78 is 0. The lowest BCUT2D eigenvalue weighted by molar-refractivity contribution is 0.739. The Kier molecular flexibility index (Phi) is 6.87. The molecular formula is C45H31N3. The molecule has 3 nitrogen and oxygen atoms in total. The van der Waals surface area contributed by atoms with E-state index in [1.54, 1.807) is 6.20 Å². The van der Waals surface area contributed by atoms with Crippen molar-refractivity contribution in [1.29, 1.82) is 0 Å². The van der Waals surface area contributed by atoms with Crippen LogP contribution in [0.5, 0.6) is 0 Å². The van der Waals surface area contributed by atoms with Crippen LogP contribution < -0.4 is 5.32 Å². The number of allylic oxidation sites excluding steroid dienone is 2. The largest absolute Gasteiger partial charge is 0.373 e. The number of nitrogens with zero attached hydrogens (tertiary/aromatic N) is 2. The Balaban J connectivity index is 1.12. The zero-order valence-electron chi connectivity index (χ0n) is 26.2. The second-order valence-electron chi connectivity index (χ2n) is 12.3. The van der Waals surface area contributed by atoms with Crippen molar-refractivity contribution in [2.24, 2.45) is 0 Å². The van der Waals surface area contributed by atoms with Gasteiger partial charge in [0.15, 0.2) is 0 Å². The smallest absolute Gasteiger partial charge is 0.0879 e. The second-order valence-corrected chi connectivity index (χ2v) is 12.3. The van der Waals surface area contributed by atoms with Gasteiger partial charge in [-0.15, -0.1) is 0 Å². The molecule has 0 aliphatic carbocycles. The maximum absolute atomic E-state index is 4.66. The number of pyridine rings is 2. The van der Waals surface area contributed by atoms with Gasteiger partial charge in [0.2, 0.25) is 0 Å². The van der Waals surface area contributed by atoms with Crippen LogP contribution in [0, 0.1) is 0 Å². The minimum atomic E-state index is -0.0607. The Morgan fingerprint density at radius 1 is 0.438 bits per heavy atom. The molecule has 226 valence electrons. The molecule has 8 aromatic rings. The highest BCUT2D eigenvalue weighted by atomic mass is 15.0. The van der Waals surface area contributed by atoms with Crippen LogP contribution in [0.4, 0.5) is 0 Å². The van der Waals surface area contributed by atoms with Crippen LogP contribution in [0.1, 0.15) is 22.9 Å². The second kappa shape index (κ2) is 11.8. The molecule has 2 aromatic heterocycles. The van der Waals surface area contributed by atoms with E-state index in [9.17, 15) is 0 Å². The fourth-order valence-corrected chi connectivity index (χ4v) is 7.07. The Morgan fingerprint density at radius 2 is 1.02 bits per heavy atom. The normalized spacial score (nSPS) is 14.5. The van der Waals surface area contributed by atoms with Gasteiger partial charge in [-0.25, -0.2) is 0 Å². The first-order chi connectivity index (χ1) is 23.8. The average Bonchev–Trinajstić information content (AvgIpc) is 3.18. The number of nitrogens with one attached hydrogen (secondary N) is 1. The molecule has 3 heterocycles. The van der Waals surface area contributed by atoms with E-state index in [4.69, 9.17) is 0 Å². The summed E-state index contributed by atoms with van der Waals surface area (Å²) in [6.45, 7) is 0. The van der Waals surface area contributed by atoms with Crippen molar-refractivity contribution in [3.05, 3.63) is 193 Å². The average molecular weight is 614 g/mol. The maximum Gasteiger partial charge on any atom is 0.0879 e. The third kappa shape index (κ3) is 5.03. The molecule has 1 aliphatic heterocycles. The molecule has 0 spiro atoms. The van der Waals surface area contributed by atoms with E-state index >= 15 is 0 Å². The zero-order valence-corrected chi connectivity index (χ0v) is 26.2. The third-order valence-corrected chi connectivity index (χ3v) is 9.41. The number of aromatic nitrogens is 2. The molecule has 0 bridgehead atoms. The number of dihydropyridines is 1. The first-order valence-corrected chi connectivity index (χ1v) is 16.3. The zero-order chi connectivity index (χ0) is 31.9. The summed E-state index contributed by atoms with van der Waals surface area (Å²) in [5, 5.41) is 11.4. The quantitative estimate of drug-likeness (QED) is 0.196. The van der Waals surface area contributed by atoms with E-state index in [-0.39, 0.29) is 6.04 Å². The fraction of sp³-hybridized carbons (Fsp3) is 0.0222. The lowest BCUT2D eigenvalue weighted by Gasteiger charge is -2.25. The Morgan fingerprint density at radius 3 is 1.67 bits per heavy atom. The number of hydrogen-bond acceptors (Lipinski definition) is 3. The van der Waals surface area contributed by atoms with E-state index in [0.717, 1.165) is 28.1 Å². The number of fused-ring (bicyclic) bond motifs is 6. The molecule has 1 N–H and O–H groups in total. The van der Waals surface area contributed by atoms with Gasteiger partial charge in [0.25, 0.3) is 0 Å². The molecule has 0 radical (unpaired) electrons. The summed E-state index contributed by atoms with van der Waals surface area (Å²) >= 11 is 0. The van der Waals surface area contributed by atoms with Crippen molar-refractivity contribution in [3.63, 3.8) is 0 Å². The van der Waals surface area contributed by atoms with E-state index in [1.165, 1.54) is 54.6 Å². The van der Waals surface area contributed by atoms with Crippen LogP contribution in [-0.2, 0) is 0 Å². The van der Waals surface area contributed by atoms with Crippen LogP contribution >= 0.6 is 0 Å². The molecule has 1 atom stereocenters. The summed E-state index contributed by atoms with van der Waals surface area (Å²) in [5.41, 5.74) is 10.1. The van der Waals surface area contributed by atoms with Crippen LogP contribution in [0.3, 0.4) is 0 Å². The fourth-order valence-electron chi connectivity index (χ4n) is 7.07. The maximum atomic E-state index is 4.66. The van der Waals surface area contributed by atoms with E-state index in [0.29, 0.717) is 0 Å². The van der Waals surface area contributed by atoms with Gasteiger partial charge in [-0.2, -0.15) is 0 Å². The van der Waals surface area contributed by atoms with Crippen LogP contribution in [0.25, 0.3) is 65.8 Å². The van der Waals surface area contributed by atoms with Crippen molar-refractivity contribution in [2.45, 2.75) is 6.04 Å². The van der Waals surface area contributed by atoms with E-state index < -0.39 is 0 Å². The Hall–Kier alpha value is -6.32. The monoisotopic (exact) mass is 613 g/mol. The molecule has 0 saturated carbocycles. The SMILES string of the molecule is C1=C(c2cccc(-c3cccc(-c4ccc5c6ccccc6c6ccccc6c5c4)c3)c2)C=C(c2cccnc2)NC1c1ccccn1. The van der Waals surface area contributed by atoms with Gasteiger partial charge in [-0.1, -0.05) is 103 Å². The molecule has 0 amide bonds. The number of rotatable bonds is 5. The molecule has 3 heteroatoms. The summed E-state index contributed by atoms with van der Waals surface area (Å²) in [6, 6.07) is 52.2. The predicted molar refractivity (Wildman–Crippen MR) is 200 cm³/mol. The standard InChI is InChI=1S/C45H31N3/c1-2-17-39-37(15-1)38-16-3-4-18-40(38)42-26-34(20-21-41(39)42)32-12-7-10-30(24-32)31-11-8-13-33(25-31)36-27-44(35-14-9-22-46-29-35)48-45(28-36)43-19-5-6-23-47-43/h1-29,45,48H. The van der Waals surface area contributed by atoms with Crippen molar-refractivity contribution in [2.75, 3.05) is 0 Å². The highest BCUT2D eigenvalue weighted by Crippen LogP contribution is 2.38. The van der Waals surface area contributed by atoms with Crippen LogP contribution in [0.15, 0.2) is 176 Å². The summed E-state index contributed by atoms with van der Waals surface area (Å²) in [4.78, 5) is 9.03. The number of hydrogen-bond donors (Lipinski definition) is 1. The highest BCUT2D eigenvalue weighted by molar-refractivity contribution is 6.25. The van der Waals surface area contributed by atoms with Crippen molar-refractivity contribution in [3.8, 4) is 22.3 Å². The number of benzene rings is 6. The first kappa shape index (κ1) is 27.9. The van der Waals surface area contributed by atoms with Gasteiger partial charge in [0.1, 0.15) is 0 Å². The molecule has 6 aromatic carbocycles. The molecule has 1 unspecified atom stereocenters. The Bertz CT molecular complexity index is 2500. The minimum Gasteiger partial charge on any atom is -0.373 e. The Labute approximate surface area is 279 Å². The lowest BCUT2D eigenvalue weighted by atomic mass is 9.91. The highest BCUT2D eigenvalue weighted by Gasteiger charge is 2.19. The molecule has 0 fully saturated rings. The van der Waals surface area contributed by atoms with E-state index in [2.05, 4.69) is 155 Å². The van der Waals surface area contributed by atoms with Crippen molar-refractivity contribution < 1.29 is 0 Å². The topological polar surface area (TPSA) is 37.8 Å². The molecule has 48 heavy (non-hydrogen) atoms. The van der Waals surface area contributed by atoms with Crippen LogP contribution in [0.2, 0.25) is 0 Å². The first-order valence-electron chi connectivity index (χ1n) is 16.3. The van der Waals surface area contributed by atoms with Gasteiger partial charge >= 0.3 is 0 Å². The van der Waals surface area contributed by atoms with E-state index in [1.807, 2.05) is 30.6 Å². The third-order valence-electron chi connectivity index (χ3n) is 9.41. The van der Waals surface area contributed by atoms with Gasteiger partial charge in [-0.3, -0.25) is 9.97 Å². The minimum absolute atomic E-state index is 0.0607. The summed E-state index contributed by atoms with van der Waals surface area (Å²) in [6.07, 6.45) is 10.0. The van der Waals surface area contributed by atoms with Gasteiger partial charge in [0.05, 0.1) is 11.7 Å². The molecule has 0 saturated heterocycles. The molecular weight excluding hydrogens is 583 g/mol. The van der Waals surface area contributed by atoms with Crippen molar-refractivity contribution >= 4 is 43.6 Å². The van der Waals surface area contributed by atoms with Gasteiger partial charge in [0, 0.05) is 29.9 Å². The molecule has 9 rings (SSSR count). The van der Waals surface area contributed by atoms with Crippen molar-refractivity contribution in [1.82, 2.24) is 15.3 Å². The predicted octanol–water partition coefficient (Wildman–Crippen LogP) is 11.0. The van der Waals surface area contributed by atoms with Gasteiger partial charge < -0.3 is 5.32 Å².